The molecular formula is C15H10F3NO3. The lowest BCUT2D eigenvalue weighted by Crippen LogP contribution is -2.14. The number of amides is 1. The van der Waals surface area contributed by atoms with Crippen molar-refractivity contribution < 1.29 is 27.9 Å². The number of carboxylic acids is 1. The van der Waals surface area contributed by atoms with Crippen LogP contribution >= 0.6 is 0 Å². The predicted molar refractivity (Wildman–Crippen MR) is 72.8 cm³/mol. The van der Waals surface area contributed by atoms with Crippen molar-refractivity contribution in [3.8, 4) is 0 Å². The summed E-state index contributed by atoms with van der Waals surface area (Å²) in [6, 6.07) is 9.38. The van der Waals surface area contributed by atoms with Gasteiger partial charge in [-0.15, -0.1) is 0 Å². The predicted octanol–water partition coefficient (Wildman–Crippen LogP) is 3.66. The van der Waals surface area contributed by atoms with E-state index >= 15 is 0 Å². The zero-order valence-electron chi connectivity index (χ0n) is 11.0. The van der Waals surface area contributed by atoms with Gasteiger partial charge in [0.1, 0.15) is 0 Å². The molecule has 7 heteroatoms. The van der Waals surface area contributed by atoms with E-state index < -0.39 is 23.6 Å². The van der Waals surface area contributed by atoms with Gasteiger partial charge in [-0.2, -0.15) is 13.2 Å². The number of anilines is 1. The summed E-state index contributed by atoms with van der Waals surface area (Å²) in [6.07, 6.45) is -4.51. The highest BCUT2D eigenvalue weighted by Gasteiger charge is 2.30. The maximum absolute atomic E-state index is 12.6. The van der Waals surface area contributed by atoms with Gasteiger partial charge in [0, 0.05) is 11.3 Å². The Kier molecular flexibility index (Phi) is 4.16. The van der Waals surface area contributed by atoms with Gasteiger partial charge in [-0.25, -0.2) is 4.79 Å². The molecule has 0 saturated carbocycles. The summed E-state index contributed by atoms with van der Waals surface area (Å²) in [6.45, 7) is 0. The Balaban J connectivity index is 2.22. The van der Waals surface area contributed by atoms with E-state index in [0.29, 0.717) is 0 Å². The number of hydrogen-bond acceptors (Lipinski definition) is 2. The highest BCUT2D eigenvalue weighted by atomic mass is 19.4. The Morgan fingerprint density at radius 1 is 0.955 bits per heavy atom. The minimum Gasteiger partial charge on any atom is -0.478 e. The Hall–Kier alpha value is -2.83. The van der Waals surface area contributed by atoms with Gasteiger partial charge in [0.25, 0.3) is 5.91 Å². The van der Waals surface area contributed by atoms with Crippen LogP contribution in [0.25, 0.3) is 0 Å². The molecule has 22 heavy (non-hydrogen) atoms. The summed E-state index contributed by atoms with van der Waals surface area (Å²) in [7, 11) is 0. The molecule has 0 fully saturated rings. The van der Waals surface area contributed by atoms with E-state index in [1.165, 1.54) is 30.3 Å². The van der Waals surface area contributed by atoms with Crippen LogP contribution in [0.1, 0.15) is 26.3 Å². The molecule has 2 aromatic rings. The topological polar surface area (TPSA) is 66.4 Å². The van der Waals surface area contributed by atoms with E-state index in [1.54, 1.807) is 0 Å². The minimum atomic E-state index is -4.51. The number of carboxylic acid groups (broad SMARTS) is 1. The maximum atomic E-state index is 12.6. The third-order valence-electron chi connectivity index (χ3n) is 2.82. The van der Waals surface area contributed by atoms with Crippen molar-refractivity contribution in [3.63, 3.8) is 0 Å². The van der Waals surface area contributed by atoms with Crippen LogP contribution in [-0.2, 0) is 6.18 Å². The number of aromatic carboxylic acids is 1. The first-order chi connectivity index (χ1) is 10.3. The van der Waals surface area contributed by atoms with Gasteiger partial charge in [-0.05, 0) is 36.4 Å². The largest absolute Gasteiger partial charge is 0.478 e. The maximum Gasteiger partial charge on any atom is 0.416 e. The molecular weight excluding hydrogens is 299 g/mol. The number of alkyl halides is 3. The number of nitrogens with one attached hydrogen (secondary N) is 1. The molecule has 2 aromatic carbocycles. The quantitative estimate of drug-likeness (QED) is 0.909. The van der Waals surface area contributed by atoms with Crippen LogP contribution in [0.15, 0.2) is 48.5 Å². The van der Waals surface area contributed by atoms with Crippen molar-refractivity contribution in [1.29, 1.82) is 0 Å². The minimum absolute atomic E-state index is 0.0273. The molecule has 2 rings (SSSR count). The average Bonchev–Trinajstić information content (AvgIpc) is 2.46. The van der Waals surface area contributed by atoms with Crippen LogP contribution in [0.2, 0.25) is 0 Å². The van der Waals surface area contributed by atoms with Gasteiger partial charge in [0.05, 0.1) is 11.1 Å². The number of halogens is 3. The van der Waals surface area contributed by atoms with Crippen LogP contribution in [0.4, 0.5) is 18.9 Å². The molecule has 0 atom stereocenters. The van der Waals surface area contributed by atoms with Crippen LogP contribution in [-0.4, -0.2) is 17.0 Å². The summed E-state index contributed by atoms with van der Waals surface area (Å²) in [5.41, 5.74) is -0.959. The molecule has 0 aliphatic carbocycles. The van der Waals surface area contributed by atoms with E-state index in [9.17, 15) is 22.8 Å². The molecule has 2 N–H and O–H groups in total. The van der Waals surface area contributed by atoms with Crippen molar-refractivity contribution in [1.82, 2.24) is 0 Å². The van der Waals surface area contributed by atoms with E-state index in [2.05, 4.69) is 5.32 Å². The average molecular weight is 309 g/mol. The van der Waals surface area contributed by atoms with Crippen molar-refractivity contribution >= 4 is 17.6 Å². The van der Waals surface area contributed by atoms with Crippen LogP contribution in [0.5, 0.6) is 0 Å². The Morgan fingerprint density at radius 3 is 2.23 bits per heavy atom. The van der Waals surface area contributed by atoms with E-state index in [4.69, 9.17) is 5.11 Å². The zero-order valence-corrected chi connectivity index (χ0v) is 11.0. The van der Waals surface area contributed by atoms with Crippen molar-refractivity contribution in [2.24, 2.45) is 0 Å². The number of carbonyl (C=O) groups excluding carboxylic acids is 1. The van der Waals surface area contributed by atoms with Gasteiger partial charge in [0.2, 0.25) is 0 Å². The summed E-state index contributed by atoms with van der Waals surface area (Å²) < 4.78 is 37.8. The fraction of sp³-hybridized carbons (Fsp3) is 0.0667. The Morgan fingerprint density at radius 2 is 1.59 bits per heavy atom. The lowest BCUT2D eigenvalue weighted by Gasteiger charge is -2.10. The molecule has 0 spiro atoms. The van der Waals surface area contributed by atoms with Gasteiger partial charge in [0.15, 0.2) is 0 Å². The molecule has 1 amide bonds. The first kappa shape index (κ1) is 15.6. The number of rotatable bonds is 3. The molecule has 0 unspecified atom stereocenters. The highest BCUT2D eigenvalue weighted by Crippen LogP contribution is 2.30. The summed E-state index contributed by atoms with van der Waals surface area (Å²) in [5, 5.41) is 11.2. The normalized spacial score (nSPS) is 11.0. The summed E-state index contributed by atoms with van der Waals surface area (Å²) in [5.74, 6) is -1.89. The van der Waals surface area contributed by atoms with Gasteiger partial charge < -0.3 is 10.4 Å². The molecule has 0 heterocycles. The number of carbonyl (C=O) groups is 2. The second-order valence-electron chi connectivity index (χ2n) is 4.42. The highest BCUT2D eigenvalue weighted by molar-refractivity contribution is 6.05. The smallest absolute Gasteiger partial charge is 0.416 e. The number of hydrogen-bond donors (Lipinski definition) is 2. The van der Waals surface area contributed by atoms with Gasteiger partial charge in [-0.1, -0.05) is 12.1 Å². The van der Waals surface area contributed by atoms with Crippen molar-refractivity contribution in [2.45, 2.75) is 6.18 Å². The molecule has 0 aliphatic rings. The van der Waals surface area contributed by atoms with Gasteiger partial charge >= 0.3 is 12.1 Å². The second kappa shape index (κ2) is 5.88. The third kappa shape index (κ3) is 3.63. The van der Waals surface area contributed by atoms with E-state index in [0.717, 1.165) is 18.2 Å². The van der Waals surface area contributed by atoms with Crippen molar-refractivity contribution in [3.05, 3.63) is 65.2 Å². The standard InChI is InChI=1S/C15H10F3NO3/c16-15(17,18)11-5-2-6-12(8-11)19-13(20)9-3-1-4-10(7-9)14(21)22/h1-8H,(H,19,20)(H,21,22). The zero-order chi connectivity index (χ0) is 16.3. The molecule has 0 saturated heterocycles. The molecule has 0 aliphatic heterocycles. The first-order valence-electron chi connectivity index (χ1n) is 6.09. The SMILES string of the molecule is O=C(O)c1cccc(C(=O)Nc2cccc(C(F)(F)F)c2)c1. The monoisotopic (exact) mass is 309 g/mol. The number of benzene rings is 2. The van der Waals surface area contributed by atoms with Crippen LogP contribution < -0.4 is 5.32 Å². The molecule has 0 bridgehead atoms. The fourth-order valence-electron chi connectivity index (χ4n) is 1.77. The van der Waals surface area contributed by atoms with Gasteiger partial charge in [-0.3, -0.25) is 4.79 Å². The molecule has 0 radical (unpaired) electrons. The fourth-order valence-corrected chi connectivity index (χ4v) is 1.77. The van der Waals surface area contributed by atoms with Crippen LogP contribution in [0, 0.1) is 0 Å². The Labute approximate surface area is 123 Å². The molecule has 114 valence electrons. The van der Waals surface area contributed by atoms with E-state index in [-0.39, 0.29) is 16.8 Å². The first-order valence-corrected chi connectivity index (χ1v) is 6.09. The van der Waals surface area contributed by atoms with E-state index in [1.807, 2.05) is 0 Å². The summed E-state index contributed by atoms with van der Waals surface area (Å²) >= 11 is 0. The second-order valence-corrected chi connectivity index (χ2v) is 4.42. The van der Waals surface area contributed by atoms with Crippen molar-refractivity contribution in [2.75, 3.05) is 5.32 Å². The molecule has 4 nitrogen and oxygen atoms in total. The van der Waals surface area contributed by atoms with Crippen LogP contribution in [0.3, 0.4) is 0 Å². The Bertz CT molecular complexity index is 726. The lowest BCUT2D eigenvalue weighted by molar-refractivity contribution is -0.137. The third-order valence-corrected chi connectivity index (χ3v) is 2.82. The lowest BCUT2D eigenvalue weighted by atomic mass is 10.1. The summed E-state index contributed by atoms with van der Waals surface area (Å²) in [4.78, 5) is 22.8. The molecule has 0 aromatic heterocycles.